The van der Waals surface area contributed by atoms with Gasteiger partial charge < -0.3 is 0 Å². The lowest BCUT2D eigenvalue weighted by Crippen LogP contribution is -1.99. The van der Waals surface area contributed by atoms with E-state index in [1.54, 1.807) is 37.0 Å². The van der Waals surface area contributed by atoms with E-state index in [2.05, 4.69) is 5.10 Å². The summed E-state index contributed by atoms with van der Waals surface area (Å²) >= 11 is 0. The first-order valence-electron chi connectivity index (χ1n) is 5.27. The van der Waals surface area contributed by atoms with E-state index in [1.165, 1.54) is 6.07 Å². The number of aryl methyl sites for hydroxylation is 1. The molecule has 1 aromatic carbocycles. The molecule has 1 heterocycles. The van der Waals surface area contributed by atoms with Crippen molar-refractivity contribution in [2.75, 3.05) is 0 Å². The quantitative estimate of drug-likeness (QED) is 0.471. The molecular formula is C12H11N3O3. The summed E-state index contributed by atoms with van der Waals surface area (Å²) in [4.78, 5) is 21.4. The summed E-state index contributed by atoms with van der Waals surface area (Å²) in [6, 6.07) is 4.83. The zero-order valence-electron chi connectivity index (χ0n) is 9.95. The fraction of sp³-hybridized carbons (Fsp3) is 0.167. The van der Waals surface area contributed by atoms with Gasteiger partial charge in [0, 0.05) is 36.0 Å². The van der Waals surface area contributed by atoms with Crippen LogP contribution in [-0.2, 0) is 7.05 Å². The van der Waals surface area contributed by atoms with E-state index in [0.29, 0.717) is 23.0 Å². The van der Waals surface area contributed by atoms with E-state index in [9.17, 15) is 14.9 Å². The highest BCUT2D eigenvalue weighted by Crippen LogP contribution is 2.28. The number of aldehydes is 1. The third-order valence-corrected chi connectivity index (χ3v) is 2.86. The van der Waals surface area contributed by atoms with Crippen LogP contribution in [0.4, 0.5) is 5.69 Å². The standard InChI is InChI=1S/C12H11N3O3/c1-8-10(7-16)5-9(6-12(8)15(17)18)11-3-4-13-14(11)2/h3-7H,1-2H3. The van der Waals surface area contributed by atoms with Gasteiger partial charge in [-0.05, 0) is 19.1 Å². The number of hydrogen-bond acceptors (Lipinski definition) is 4. The largest absolute Gasteiger partial charge is 0.298 e. The first-order chi connectivity index (χ1) is 8.54. The maximum atomic E-state index is 11.0. The summed E-state index contributed by atoms with van der Waals surface area (Å²) in [6.07, 6.45) is 2.23. The minimum atomic E-state index is -0.484. The molecule has 18 heavy (non-hydrogen) atoms. The summed E-state index contributed by atoms with van der Waals surface area (Å²) < 4.78 is 1.60. The van der Waals surface area contributed by atoms with Crippen LogP contribution in [0.15, 0.2) is 24.4 Å². The lowest BCUT2D eigenvalue weighted by atomic mass is 10.0. The highest BCUT2D eigenvalue weighted by atomic mass is 16.6. The van der Waals surface area contributed by atoms with Crippen LogP contribution < -0.4 is 0 Å². The van der Waals surface area contributed by atoms with Gasteiger partial charge in [-0.15, -0.1) is 0 Å². The van der Waals surface area contributed by atoms with Crippen LogP contribution in [0.2, 0.25) is 0 Å². The Kier molecular flexibility index (Phi) is 2.93. The maximum absolute atomic E-state index is 11.0. The summed E-state index contributed by atoms with van der Waals surface area (Å²) in [5, 5.41) is 15.0. The monoisotopic (exact) mass is 245 g/mol. The molecule has 1 aromatic heterocycles. The van der Waals surface area contributed by atoms with E-state index < -0.39 is 4.92 Å². The van der Waals surface area contributed by atoms with Crippen molar-refractivity contribution >= 4 is 12.0 Å². The zero-order valence-corrected chi connectivity index (χ0v) is 9.95. The maximum Gasteiger partial charge on any atom is 0.273 e. The van der Waals surface area contributed by atoms with Gasteiger partial charge in [0.1, 0.15) is 0 Å². The van der Waals surface area contributed by atoms with Gasteiger partial charge in [-0.1, -0.05) is 0 Å². The molecule has 0 saturated carbocycles. The summed E-state index contributed by atoms with van der Waals surface area (Å²) in [7, 11) is 1.74. The predicted octanol–water partition coefficient (Wildman–Crippen LogP) is 2.12. The molecule has 0 aliphatic heterocycles. The lowest BCUT2D eigenvalue weighted by molar-refractivity contribution is -0.385. The number of aromatic nitrogens is 2. The van der Waals surface area contributed by atoms with E-state index in [1.807, 2.05) is 0 Å². The average Bonchev–Trinajstić information content (AvgIpc) is 2.75. The number of rotatable bonds is 3. The lowest BCUT2D eigenvalue weighted by Gasteiger charge is -2.06. The fourth-order valence-electron chi connectivity index (χ4n) is 1.84. The van der Waals surface area contributed by atoms with Gasteiger partial charge in [-0.25, -0.2) is 0 Å². The molecule has 0 amide bonds. The smallest absolute Gasteiger partial charge is 0.273 e. The van der Waals surface area contributed by atoms with Gasteiger partial charge in [-0.3, -0.25) is 19.6 Å². The molecule has 0 saturated heterocycles. The van der Waals surface area contributed by atoms with Crippen molar-refractivity contribution in [3.8, 4) is 11.3 Å². The second kappa shape index (κ2) is 4.40. The summed E-state index contributed by atoms with van der Waals surface area (Å²) in [5.41, 5.74) is 1.97. The average molecular weight is 245 g/mol. The Labute approximate surface area is 103 Å². The van der Waals surface area contributed by atoms with Crippen molar-refractivity contribution in [2.45, 2.75) is 6.92 Å². The molecule has 2 rings (SSSR count). The van der Waals surface area contributed by atoms with Gasteiger partial charge >= 0.3 is 0 Å². The van der Waals surface area contributed by atoms with E-state index >= 15 is 0 Å². The van der Waals surface area contributed by atoms with Crippen molar-refractivity contribution in [3.05, 3.63) is 45.6 Å². The van der Waals surface area contributed by atoms with Crippen LogP contribution in [0.1, 0.15) is 15.9 Å². The summed E-state index contributed by atoms with van der Waals surface area (Å²) in [5.74, 6) is 0. The first-order valence-corrected chi connectivity index (χ1v) is 5.27. The van der Waals surface area contributed by atoms with Crippen LogP contribution in [0.25, 0.3) is 11.3 Å². The molecule has 0 aliphatic carbocycles. The highest BCUT2D eigenvalue weighted by Gasteiger charge is 2.17. The Balaban J connectivity index is 2.70. The minimum Gasteiger partial charge on any atom is -0.298 e. The Morgan fingerprint density at radius 3 is 2.67 bits per heavy atom. The molecule has 0 fully saturated rings. The van der Waals surface area contributed by atoms with Gasteiger partial charge in [0.25, 0.3) is 5.69 Å². The van der Waals surface area contributed by atoms with Crippen LogP contribution in [0.3, 0.4) is 0 Å². The number of nitrogens with zero attached hydrogens (tertiary/aromatic N) is 3. The molecule has 0 atom stereocenters. The van der Waals surface area contributed by atoms with Gasteiger partial charge in [0.15, 0.2) is 6.29 Å². The second-order valence-corrected chi connectivity index (χ2v) is 3.92. The molecule has 0 unspecified atom stereocenters. The number of carbonyl (C=O) groups is 1. The van der Waals surface area contributed by atoms with E-state index in [-0.39, 0.29) is 5.69 Å². The molecule has 0 N–H and O–H groups in total. The van der Waals surface area contributed by atoms with Gasteiger partial charge in [-0.2, -0.15) is 5.10 Å². The molecule has 92 valence electrons. The highest BCUT2D eigenvalue weighted by molar-refractivity contribution is 5.83. The first kappa shape index (κ1) is 12.0. The number of benzene rings is 1. The molecular weight excluding hydrogens is 234 g/mol. The minimum absolute atomic E-state index is 0.0594. The molecule has 0 bridgehead atoms. The Morgan fingerprint density at radius 1 is 1.44 bits per heavy atom. The predicted molar refractivity (Wildman–Crippen MR) is 65.4 cm³/mol. The van der Waals surface area contributed by atoms with Crippen LogP contribution in [0, 0.1) is 17.0 Å². The molecule has 0 aliphatic rings. The molecule has 0 spiro atoms. The number of carbonyl (C=O) groups excluding carboxylic acids is 1. The Hall–Kier alpha value is -2.50. The van der Waals surface area contributed by atoms with Gasteiger partial charge in [0.2, 0.25) is 0 Å². The van der Waals surface area contributed by atoms with Crippen molar-refractivity contribution in [1.29, 1.82) is 0 Å². The molecule has 2 aromatic rings. The number of nitro groups is 1. The van der Waals surface area contributed by atoms with Gasteiger partial charge in [0.05, 0.1) is 10.6 Å². The molecule has 0 radical (unpaired) electrons. The van der Waals surface area contributed by atoms with Crippen molar-refractivity contribution in [1.82, 2.24) is 9.78 Å². The Morgan fingerprint density at radius 2 is 2.17 bits per heavy atom. The van der Waals surface area contributed by atoms with Crippen molar-refractivity contribution in [3.63, 3.8) is 0 Å². The zero-order chi connectivity index (χ0) is 13.3. The fourth-order valence-corrected chi connectivity index (χ4v) is 1.84. The SMILES string of the molecule is Cc1c(C=O)cc(-c2ccnn2C)cc1[N+](=O)[O-]. The number of nitro benzene ring substituents is 1. The third-order valence-electron chi connectivity index (χ3n) is 2.86. The van der Waals surface area contributed by atoms with Crippen molar-refractivity contribution < 1.29 is 9.72 Å². The second-order valence-electron chi connectivity index (χ2n) is 3.92. The van der Waals surface area contributed by atoms with Crippen LogP contribution in [-0.4, -0.2) is 21.0 Å². The normalized spacial score (nSPS) is 10.3. The van der Waals surface area contributed by atoms with Crippen LogP contribution >= 0.6 is 0 Å². The van der Waals surface area contributed by atoms with E-state index in [0.717, 1.165) is 5.69 Å². The summed E-state index contributed by atoms with van der Waals surface area (Å²) in [6.45, 7) is 1.56. The van der Waals surface area contributed by atoms with Crippen molar-refractivity contribution in [2.24, 2.45) is 7.05 Å². The number of hydrogen-bond donors (Lipinski definition) is 0. The third kappa shape index (κ3) is 1.88. The molecule has 6 nitrogen and oxygen atoms in total. The van der Waals surface area contributed by atoms with E-state index in [4.69, 9.17) is 0 Å². The molecule has 6 heteroatoms. The topological polar surface area (TPSA) is 78.0 Å². The van der Waals surface area contributed by atoms with Crippen LogP contribution in [0.5, 0.6) is 0 Å². The Bertz CT molecular complexity index is 631.